The minimum absolute atomic E-state index is 0.00845. The first kappa shape index (κ1) is 23.3. The number of carbonyl (C=O) groups is 1. The first-order valence-electron chi connectivity index (χ1n) is 9.28. The minimum Gasteiger partial charge on any atom is -0.422 e. The van der Waals surface area contributed by atoms with Crippen molar-refractivity contribution in [2.75, 3.05) is 21.1 Å². The van der Waals surface area contributed by atoms with Gasteiger partial charge in [-0.3, -0.25) is 0 Å². The van der Waals surface area contributed by atoms with Gasteiger partial charge in [0, 0.05) is 25.5 Å². The van der Waals surface area contributed by atoms with Gasteiger partial charge >= 0.3 is 11.7 Å². The summed E-state index contributed by atoms with van der Waals surface area (Å²) in [5.74, 6) is -1.24. The number of benzene rings is 1. The second kappa shape index (κ2) is 8.65. The molecule has 0 bridgehead atoms. The Bertz CT molecular complexity index is 1370. The lowest BCUT2D eigenvalue weighted by Crippen LogP contribution is -2.26. The third-order valence-corrected chi connectivity index (χ3v) is 6.06. The summed E-state index contributed by atoms with van der Waals surface area (Å²) in [5, 5.41) is -0.0367. The van der Waals surface area contributed by atoms with Gasteiger partial charge < -0.3 is 19.8 Å². The van der Waals surface area contributed by atoms with Crippen molar-refractivity contribution in [3.05, 3.63) is 63.4 Å². The van der Waals surface area contributed by atoms with Crippen molar-refractivity contribution in [1.29, 1.82) is 0 Å². The molecule has 3 rings (SSSR count). The molecule has 1 aromatic carbocycles. The number of pyridine rings is 1. The molecule has 0 fully saturated rings. The lowest BCUT2D eigenvalue weighted by Gasteiger charge is -2.16. The molecular formula is C20H21FN4O6S. The van der Waals surface area contributed by atoms with Gasteiger partial charge in [0.1, 0.15) is 5.58 Å². The number of hydrogen-bond donors (Lipinski definition) is 2. The number of carbonyl (C=O) groups excluding carboxylic acids is 1. The van der Waals surface area contributed by atoms with Crippen LogP contribution in [0.4, 0.5) is 9.18 Å². The molecule has 170 valence electrons. The lowest BCUT2D eigenvalue weighted by atomic mass is 9.98. The topological polar surface area (TPSA) is 145 Å². The molecule has 3 aromatic rings. The maximum atomic E-state index is 14.6. The number of ether oxygens (including phenoxy) is 1. The molecule has 1 amide bonds. The number of aryl methyl sites for hydroxylation is 1. The number of nitrogens with zero attached hydrogens (tertiary/aromatic N) is 2. The molecule has 0 aliphatic carbocycles. The number of sulfonamides is 1. The highest BCUT2D eigenvalue weighted by Gasteiger charge is 2.24. The van der Waals surface area contributed by atoms with Crippen LogP contribution in [0.1, 0.15) is 22.9 Å². The van der Waals surface area contributed by atoms with Gasteiger partial charge in [0.05, 0.1) is 17.3 Å². The molecule has 3 N–H and O–H groups in total. The van der Waals surface area contributed by atoms with E-state index >= 15 is 0 Å². The Labute approximate surface area is 182 Å². The van der Waals surface area contributed by atoms with Crippen LogP contribution in [-0.4, -0.2) is 45.5 Å². The first-order valence-corrected chi connectivity index (χ1v) is 10.8. The Morgan fingerprint density at radius 3 is 2.62 bits per heavy atom. The van der Waals surface area contributed by atoms with E-state index in [1.165, 1.54) is 39.3 Å². The fourth-order valence-corrected chi connectivity index (χ4v) is 3.69. The molecule has 0 aliphatic heterocycles. The molecular weight excluding hydrogens is 443 g/mol. The number of rotatable bonds is 5. The minimum atomic E-state index is -3.83. The molecule has 12 heteroatoms. The second-order valence-corrected chi connectivity index (χ2v) is 8.89. The van der Waals surface area contributed by atoms with Gasteiger partial charge in [0.25, 0.3) is 10.0 Å². The number of hydrogen-bond acceptors (Lipinski definition) is 8. The molecule has 0 radical (unpaired) electrons. The van der Waals surface area contributed by atoms with Gasteiger partial charge in [-0.15, -0.1) is 0 Å². The smallest absolute Gasteiger partial charge is 0.414 e. The molecule has 32 heavy (non-hydrogen) atoms. The monoisotopic (exact) mass is 464 g/mol. The van der Waals surface area contributed by atoms with Crippen LogP contribution in [0.2, 0.25) is 0 Å². The summed E-state index contributed by atoms with van der Waals surface area (Å²) in [7, 11) is 0.279. The SMILES string of the molecule is CNS(=O)(=O)c1cccc(C(N)c2c(C)c3cc(F)c(OC(=O)N(C)C)cc3oc2=O)n1. The van der Waals surface area contributed by atoms with Crippen molar-refractivity contribution >= 4 is 27.1 Å². The van der Waals surface area contributed by atoms with Crippen molar-refractivity contribution in [3.63, 3.8) is 0 Å². The van der Waals surface area contributed by atoms with Crippen LogP contribution >= 0.6 is 0 Å². The fraction of sp³-hybridized carbons (Fsp3) is 0.250. The van der Waals surface area contributed by atoms with Crippen molar-refractivity contribution < 1.29 is 26.8 Å². The fourth-order valence-electron chi connectivity index (χ4n) is 3.00. The van der Waals surface area contributed by atoms with E-state index in [1.54, 1.807) is 6.92 Å². The van der Waals surface area contributed by atoms with Crippen molar-refractivity contribution in [2.45, 2.75) is 18.0 Å². The molecule has 0 saturated carbocycles. The van der Waals surface area contributed by atoms with Gasteiger partial charge in [-0.05, 0) is 37.7 Å². The number of halogens is 1. The molecule has 0 aliphatic rings. The van der Waals surface area contributed by atoms with Crippen LogP contribution in [0, 0.1) is 12.7 Å². The van der Waals surface area contributed by atoms with E-state index in [9.17, 15) is 22.4 Å². The molecule has 0 spiro atoms. The van der Waals surface area contributed by atoms with Crippen LogP contribution in [0.25, 0.3) is 11.0 Å². The van der Waals surface area contributed by atoms with E-state index in [4.69, 9.17) is 14.9 Å². The van der Waals surface area contributed by atoms with Gasteiger partial charge in [-0.2, -0.15) is 0 Å². The van der Waals surface area contributed by atoms with Crippen LogP contribution < -0.4 is 20.8 Å². The van der Waals surface area contributed by atoms with Crippen LogP contribution in [0.3, 0.4) is 0 Å². The summed E-state index contributed by atoms with van der Waals surface area (Å²) in [4.78, 5) is 29.6. The molecule has 2 heterocycles. The predicted octanol–water partition coefficient (Wildman–Crippen LogP) is 1.65. The lowest BCUT2D eigenvalue weighted by molar-refractivity contribution is 0.170. The second-order valence-electron chi connectivity index (χ2n) is 7.06. The molecule has 10 nitrogen and oxygen atoms in total. The zero-order valence-corrected chi connectivity index (χ0v) is 18.5. The molecule has 1 atom stereocenters. The quantitative estimate of drug-likeness (QED) is 0.542. The van der Waals surface area contributed by atoms with E-state index < -0.39 is 39.4 Å². The average Bonchev–Trinajstić information content (AvgIpc) is 2.75. The predicted molar refractivity (Wildman–Crippen MR) is 113 cm³/mol. The maximum absolute atomic E-state index is 14.6. The summed E-state index contributed by atoms with van der Waals surface area (Å²) in [6.07, 6.45) is -0.802. The van der Waals surface area contributed by atoms with Crippen LogP contribution in [-0.2, 0) is 10.0 Å². The van der Waals surface area contributed by atoms with Crippen molar-refractivity contribution in [1.82, 2.24) is 14.6 Å². The van der Waals surface area contributed by atoms with Crippen LogP contribution in [0.5, 0.6) is 5.75 Å². The Balaban J connectivity index is 2.12. The van der Waals surface area contributed by atoms with E-state index in [0.717, 1.165) is 17.0 Å². The first-order chi connectivity index (χ1) is 15.0. The zero-order chi connectivity index (χ0) is 23.8. The Hall–Kier alpha value is -3.35. The maximum Gasteiger partial charge on any atom is 0.414 e. The Morgan fingerprint density at radius 1 is 1.31 bits per heavy atom. The molecule has 0 saturated heterocycles. The Kier molecular flexibility index (Phi) is 6.30. The van der Waals surface area contributed by atoms with E-state index in [0.29, 0.717) is 5.56 Å². The highest BCUT2D eigenvalue weighted by Crippen LogP contribution is 2.30. The van der Waals surface area contributed by atoms with Gasteiger partial charge in [-0.1, -0.05) is 6.07 Å². The standard InChI is InChI=1S/C20H21FN4O6S/c1-10-11-8-12(21)15(31-20(27)25(3)4)9-14(11)30-19(26)17(10)18(22)13-6-5-7-16(24-13)32(28,29)23-2/h5-9,18,23H,22H2,1-4H3. The van der Waals surface area contributed by atoms with Gasteiger partial charge in [0.15, 0.2) is 16.6 Å². The zero-order valence-electron chi connectivity index (χ0n) is 17.7. The van der Waals surface area contributed by atoms with E-state index in [-0.39, 0.29) is 27.3 Å². The van der Waals surface area contributed by atoms with Crippen LogP contribution in [0.15, 0.2) is 44.6 Å². The molecule has 1 unspecified atom stereocenters. The number of aromatic nitrogens is 1. The normalized spacial score (nSPS) is 12.6. The summed E-state index contributed by atoms with van der Waals surface area (Å²) in [6.45, 7) is 1.55. The highest BCUT2D eigenvalue weighted by molar-refractivity contribution is 7.89. The van der Waals surface area contributed by atoms with E-state index in [2.05, 4.69) is 9.71 Å². The van der Waals surface area contributed by atoms with Gasteiger partial charge in [-0.25, -0.2) is 32.1 Å². The number of fused-ring (bicyclic) bond motifs is 1. The third-order valence-electron chi connectivity index (χ3n) is 4.75. The van der Waals surface area contributed by atoms with Crippen molar-refractivity contribution in [3.8, 4) is 5.75 Å². The third kappa shape index (κ3) is 4.33. The molecule has 2 aromatic heterocycles. The summed E-state index contributed by atoms with van der Waals surface area (Å²) in [5.41, 5.74) is 5.81. The van der Waals surface area contributed by atoms with E-state index in [1.807, 2.05) is 0 Å². The highest BCUT2D eigenvalue weighted by atomic mass is 32.2. The number of nitrogens with one attached hydrogen (secondary N) is 1. The summed E-state index contributed by atoms with van der Waals surface area (Å²) >= 11 is 0. The number of nitrogens with two attached hydrogens (primary N) is 1. The van der Waals surface area contributed by atoms with Gasteiger partial charge in [0.2, 0.25) is 0 Å². The largest absolute Gasteiger partial charge is 0.422 e. The Morgan fingerprint density at radius 2 is 2.00 bits per heavy atom. The summed E-state index contributed by atoms with van der Waals surface area (Å²) < 4.78 is 51.0. The number of amides is 1. The summed E-state index contributed by atoms with van der Waals surface area (Å²) in [6, 6.07) is 5.22. The average molecular weight is 464 g/mol. The van der Waals surface area contributed by atoms with Crippen molar-refractivity contribution in [2.24, 2.45) is 5.73 Å².